The molecular weight excluding hydrogens is 152 g/mol. The van der Waals surface area contributed by atoms with Crippen molar-refractivity contribution in [2.75, 3.05) is 20.2 Å². The lowest BCUT2D eigenvalue weighted by Crippen LogP contribution is -2.18. The summed E-state index contributed by atoms with van der Waals surface area (Å²) in [5.74, 6) is 0. The molecular formula is C9H12N2O. The molecule has 0 radical (unpaired) electrons. The molecule has 1 atom stereocenters. The zero-order valence-corrected chi connectivity index (χ0v) is 7.10. The molecule has 2 heterocycles. The summed E-state index contributed by atoms with van der Waals surface area (Å²) in [6.45, 7) is 1.83. The molecule has 0 aliphatic carbocycles. The van der Waals surface area contributed by atoms with E-state index in [-0.39, 0.29) is 6.23 Å². The summed E-state index contributed by atoms with van der Waals surface area (Å²) >= 11 is 0. The molecule has 0 amide bonds. The summed E-state index contributed by atoms with van der Waals surface area (Å²) in [6, 6.07) is 3.99. The van der Waals surface area contributed by atoms with E-state index in [1.807, 2.05) is 12.1 Å². The average Bonchev–Trinajstić information content (AvgIpc) is 2.53. The Labute approximate surface area is 72.0 Å². The number of nitrogens with zero attached hydrogens (tertiary/aromatic N) is 2. The molecule has 1 aromatic heterocycles. The van der Waals surface area contributed by atoms with Gasteiger partial charge in [-0.2, -0.15) is 0 Å². The van der Waals surface area contributed by atoms with E-state index in [1.54, 1.807) is 12.4 Å². The predicted molar refractivity (Wildman–Crippen MR) is 45.6 cm³/mol. The first-order chi connectivity index (χ1) is 5.88. The second-order valence-electron chi connectivity index (χ2n) is 2.98. The third-order valence-electron chi connectivity index (χ3n) is 2.11. The van der Waals surface area contributed by atoms with Crippen LogP contribution in [-0.4, -0.2) is 30.1 Å². The Kier molecular flexibility index (Phi) is 2.06. The average molecular weight is 164 g/mol. The smallest absolute Gasteiger partial charge is 0.136 e. The van der Waals surface area contributed by atoms with Gasteiger partial charge in [0.1, 0.15) is 6.23 Å². The molecule has 1 unspecified atom stereocenters. The van der Waals surface area contributed by atoms with E-state index in [0.29, 0.717) is 0 Å². The number of aromatic nitrogens is 1. The van der Waals surface area contributed by atoms with Crippen LogP contribution in [-0.2, 0) is 4.74 Å². The zero-order valence-electron chi connectivity index (χ0n) is 7.10. The molecule has 1 aliphatic heterocycles. The van der Waals surface area contributed by atoms with E-state index in [0.717, 1.165) is 13.2 Å². The van der Waals surface area contributed by atoms with Crippen molar-refractivity contribution in [1.82, 2.24) is 9.88 Å². The third kappa shape index (κ3) is 1.33. The highest BCUT2D eigenvalue weighted by Gasteiger charge is 2.22. The van der Waals surface area contributed by atoms with E-state index in [9.17, 15) is 0 Å². The van der Waals surface area contributed by atoms with Crippen molar-refractivity contribution in [1.29, 1.82) is 0 Å². The van der Waals surface area contributed by atoms with Gasteiger partial charge in [0, 0.05) is 18.9 Å². The minimum atomic E-state index is 0.132. The van der Waals surface area contributed by atoms with E-state index in [2.05, 4.69) is 16.9 Å². The maximum absolute atomic E-state index is 5.55. The van der Waals surface area contributed by atoms with Crippen LogP contribution in [0.1, 0.15) is 11.8 Å². The molecule has 3 heteroatoms. The second-order valence-corrected chi connectivity index (χ2v) is 2.98. The standard InChI is InChI=1S/C9H12N2O/c1-11-6-7-12-9(11)8-2-4-10-5-3-8/h2-5,9H,6-7H2,1H3. The highest BCUT2D eigenvalue weighted by Crippen LogP contribution is 2.23. The van der Waals surface area contributed by atoms with Gasteiger partial charge in [0.15, 0.2) is 0 Å². The van der Waals surface area contributed by atoms with Crippen molar-refractivity contribution >= 4 is 0 Å². The molecule has 64 valence electrons. The molecule has 0 saturated carbocycles. The summed E-state index contributed by atoms with van der Waals surface area (Å²) in [7, 11) is 2.07. The fourth-order valence-corrected chi connectivity index (χ4v) is 1.43. The summed E-state index contributed by atoms with van der Waals surface area (Å²) in [6.07, 6.45) is 3.73. The number of hydrogen-bond donors (Lipinski definition) is 0. The van der Waals surface area contributed by atoms with Crippen molar-refractivity contribution < 1.29 is 4.74 Å². The number of rotatable bonds is 1. The molecule has 3 nitrogen and oxygen atoms in total. The van der Waals surface area contributed by atoms with Crippen LogP contribution in [0.2, 0.25) is 0 Å². The molecule has 1 aliphatic rings. The van der Waals surface area contributed by atoms with Gasteiger partial charge in [-0.15, -0.1) is 0 Å². The third-order valence-corrected chi connectivity index (χ3v) is 2.11. The van der Waals surface area contributed by atoms with Crippen molar-refractivity contribution in [3.05, 3.63) is 30.1 Å². The van der Waals surface area contributed by atoms with Crippen LogP contribution in [0.25, 0.3) is 0 Å². The Morgan fingerprint density at radius 2 is 2.25 bits per heavy atom. The lowest BCUT2D eigenvalue weighted by atomic mass is 10.2. The van der Waals surface area contributed by atoms with Crippen LogP contribution < -0.4 is 0 Å². The molecule has 1 aromatic rings. The molecule has 0 aromatic carbocycles. The van der Waals surface area contributed by atoms with Gasteiger partial charge in [-0.1, -0.05) is 0 Å². The first-order valence-electron chi connectivity index (χ1n) is 4.10. The number of pyridine rings is 1. The van der Waals surface area contributed by atoms with Crippen molar-refractivity contribution in [2.45, 2.75) is 6.23 Å². The van der Waals surface area contributed by atoms with E-state index >= 15 is 0 Å². The fourth-order valence-electron chi connectivity index (χ4n) is 1.43. The number of likely N-dealkylation sites (N-methyl/N-ethyl adjacent to an activating group) is 1. The Bertz CT molecular complexity index is 250. The van der Waals surface area contributed by atoms with E-state index < -0.39 is 0 Å². The van der Waals surface area contributed by atoms with Gasteiger partial charge in [-0.05, 0) is 24.7 Å². The molecule has 0 spiro atoms. The van der Waals surface area contributed by atoms with Gasteiger partial charge >= 0.3 is 0 Å². The Hall–Kier alpha value is -0.930. The maximum Gasteiger partial charge on any atom is 0.136 e. The second kappa shape index (κ2) is 3.21. The first kappa shape index (κ1) is 7.71. The van der Waals surface area contributed by atoms with Crippen LogP contribution in [0.4, 0.5) is 0 Å². The van der Waals surface area contributed by atoms with Gasteiger partial charge in [0.25, 0.3) is 0 Å². The van der Waals surface area contributed by atoms with Gasteiger partial charge in [-0.25, -0.2) is 0 Å². The Morgan fingerprint density at radius 3 is 2.83 bits per heavy atom. The SMILES string of the molecule is CN1CCOC1c1ccncc1. The predicted octanol–water partition coefficient (Wildman–Crippen LogP) is 1.04. The quantitative estimate of drug-likeness (QED) is 0.620. The van der Waals surface area contributed by atoms with Crippen molar-refractivity contribution in [3.8, 4) is 0 Å². The Morgan fingerprint density at radius 1 is 1.50 bits per heavy atom. The molecule has 12 heavy (non-hydrogen) atoms. The molecule has 0 bridgehead atoms. The van der Waals surface area contributed by atoms with Crippen molar-refractivity contribution in [3.63, 3.8) is 0 Å². The summed E-state index contributed by atoms with van der Waals surface area (Å²) in [5.41, 5.74) is 1.19. The van der Waals surface area contributed by atoms with E-state index in [4.69, 9.17) is 4.74 Å². The van der Waals surface area contributed by atoms with Crippen LogP contribution in [0.3, 0.4) is 0 Å². The van der Waals surface area contributed by atoms with Crippen molar-refractivity contribution in [2.24, 2.45) is 0 Å². The minimum absolute atomic E-state index is 0.132. The highest BCUT2D eigenvalue weighted by molar-refractivity contribution is 5.13. The van der Waals surface area contributed by atoms with Crippen LogP contribution in [0.5, 0.6) is 0 Å². The topological polar surface area (TPSA) is 25.4 Å². The summed E-state index contributed by atoms with van der Waals surface area (Å²) in [4.78, 5) is 6.16. The lowest BCUT2D eigenvalue weighted by Gasteiger charge is -2.17. The first-order valence-corrected chi connectivity index (χ1v) is 4.10. The van der Waals surface area contributed by atoms with Gasteiger partial charge in [0.2, 0.25) is 0 Å². The summed E-state index contributed by atoms with van der Waals surface area (Å²) < 4.78 is 5.55. The van der Waals surface area contributed by atoms with Gasteiger partial charge in [-0.3, -0.25) is 9.88 Å². The Balaban J connectivity index is 2.19. The maximum atomic E-state index is 5.55. The van der Waals surface area contributed by atoms with E-state index in [1.165, 1.54) is 5.56 Å². The molecule has 1 saturated heterocycles. The lowest BCUT2D eigenvalue weighted by molar-refractivity contribution is 0.0453. The largest absolute Gasteiger partial charge is 0.358 e. The molecule has 2 rings (SSSR count). The van der Waals surface area contributed by atoms with Gasteiger partial charge < -0.3 is 4.74 Å². The highest BCUT2D eigenvalue weighted by atomic mass is 16.5. The van der Waals surface area contributed by atoms with Crippen LogP contribution >= 0.6 is 0 Å². The monoisotopic (exact) mass is 164 g/mol. The van der Waals surface area contributed by atoms with Crippen LogP contribution in [0, 0.1) is 0 Å². The minimum Gasteiger partial charge on any atom is -0.358 e. The number of ether oxygens (including phenoxy) is 1. The normalized spacial score (nSPS) is 24.6. The fraction of sp³-hybridized carbons (Fsp3) is 0.444. The number of hydrogen-bond acceptors (Lipinski definition) is 3. The summed E-state index contributed by atoms with van der Waals surface area (Å²) in [5, 5.41) is 0. The molecule has 1 fully saturated rings. The van der Waals surface area contributed by atoms with Crippen LogP contribution in [0.15, 0.2) is 24.5 Å². The van der Waals surface area contributed by atoms with Gasteiger partial charge in [0.05, 0.1) is 6.61 Å². The zero-order chi connectivity index (χ0) is 8.39. The molecule has 0 N–H and O–H groups in total.